The predicted molar refractivity (Wildman–Crippen MR) is 88.2 cm³/mol. The van der Waals surface area contributed by atoms with E-state index in [9.17, 15) is 9.59 Å². The lowest BCUT2D eigenvalue weighted by Gasteiger charge is -2.57. The molecule has 0 aliphatic heterocycles. The van der Waals surface area contributed by atoms with Gasteiger partial charge in [0.1, 0.15) is 0 Å². The summed E-state index contributed by atoms with van der Waals surface area (Å²) in [5.74, 6) is 2.23. The van der Waals surface area contributed by atoms with Gasteiger partial charge < -0.3 is 4.84 Å². The highest BCUT2D eigenvalue weighted by molar-refractivity contribution is 5.77. The Bertz CT molecular complexity index is 424. The van der Waals surface area contributed by atoms with Crippen molar-refractivity contribution in [1.82, 2.24) is 5.06 Å². The fourth-order valence-corrected chi connectivity index (χ4v) is 5.63. The fraction of sp³-hybridized carbons (Fsp3) is 0.895. The molecule has 0 saturated heterocycles. The summed E-state index contributed by atoms with van der Waals surface area (Å²) in [6.07, 6.45) is 10.4. The van der Waals surface area contributed by atoms with Gasteiger partial charge >= 0.3 is 5.97 Å². The number of hydrogen-bond acceptors (Lipinski definition) is 3. The first-order valence-corrected chi connectivity index (χ1v) is 9.54. The zero-order chi connectivity index (χ0) is 16.4. The second kappa shape index (κ2) is 6.82. The molecule has 0 unspecified atom stereocenters. The molecule has 0 atom stereocenters. The van der Waals surface area contributed by atoms with Gasteiger partial charge in [0.05, 0.1) is 6.54 Å². The molecule has 4 heteroatoms. The molecule has 4 rings (SSSR count). The fourth-order valence-electron chi connectivity index (χ4n) is 5.63. The van der Waals surface area contributed by atoms with Crippen molar-refractivity contribution in [3.05, 3.63) is 0 Å². The van der Waals surface area contributed by atoms with Crippen LogP contribution in [0.4, 0.5) is 0 Å². The molecule has 130 valence electrons. The van der Waals surface area contributed by atoms with E-state index >= 15 is 0 Å². The normalized spacial score (nSPS) is 34.4. The third-order valence-corrected chi connectivity index (χ3v) is 6.17. The number of rotatable bonds is 6. The molecule has 0 aromatic rings. The Morgan fingerprint density at radius 3 is 2.09 bits per heavy atom. The molecule has 1 amide bonds. The first-order chi connectivity index (χ1) is 11.0. The van der Waals surface area contributed by atoms with Crippen LogP contribution in [0.15, 0.2) is 0 Å². The summed E-state index contributed by atoms with van der Waals surface area (Å²) in [5, 5.41) is 1.42. The minimum absolute atomic E-state index is 0.0504. The number of nitrogens with zero attached hydrogens (tertiary/aromatic N) is 1. The lowest BCUT2D eigenvalue weighted by Crippen LogP contribution is -2.52. The van der Waals surface area contributed by atoms with E-state index in [4.69, 9.17) is 4.84 Å². The highest BCUT2D eigenvalue weighted by Gasteiger charge is 2.52. The highest BCUT2D eigenvalue weighted by Crippen LogP contribution is 2.60. The Morgan fingerprint density at radius 1 is 1.04 bits per heavy atom. The van der Waals surface area contributed by atoms with Gasteiger partial charge in [-0.2, -0.15) is 5.06 Å². The van der Waals surface area contributed by atoms with Crippen molar-refractivity contribution < 1.29 is 14.4 Å². The van der Waals surface area contributed by atoms with Crippen LogP contribution < -0.4 is 0 Å². The maximum atomic E-state index is 12.3. The molecule has 4 bridgehead atoms. The first-order valence-electron chi connectivity index (χ1n) is 9.54. The molecule has 0 aromatic heterocycles. The van der Waals surface area contributed by atoms with Crippen LogP contribution in [0.25, 0.3) is 0 Å². The van der Waals surface area contributed by atoms with Crippen molar-refractivity contribution in [2.24, 2.45) is 23.2 Å². The van der Waals surface area contributed by atoms with Crippen LogP contribution in [0.3, 0.4) is 0 Å². The van der Waals surface area contributed by atoms with Crippen LogP contribution >= 0.6 is 0 Å². The van der Waals surface area contributed by atoms with E-state index in [1.807, 2.05) is 6.92 Å². The Kier molecular flexibility index (Phi) is 4.98. The number of hydroxylamine groups is 2. The van der Waals surface area contributed by atoms with Gasteiger partial charge in [-0.1, -0.05) is 20.3 Å². The molecule has 23 heavy (non-hydrogen) atoms. The van der Waals surface area contributed by atoms with Crippen LogP contribution in [0, 0.1) is 23.2 Å². The van der Waals surface area contributed by atoms with Crippen molar-refractivity contribution in [3.63, 3.8) is 0 Å². The molecule has 4 fully saturated rings. The van der Waals surface area contributed by atoms with Gasteiger partial charge in [0, 0.05) is 12.8 Å². The van der Waals surface area contributed by atoms with Gasteiger partial charge in [0.15, 0.2) is 0 Å². The van der Waals surface area contributed by atoms with Crippen molar-refractivity contribution in [3.8, 4) is 0 Å². The van der Waals surface area contributed by atoms with E-state index in [1.54, 1.807) is 0 Å². The van der Waals surface area contributed by atoms with Gasteiger partial charge in [-0.25, -0.2) is 4.79 Å². The molecule has 0 N–H and O–H groups in total. The Morgan fingerprint density at radius 2 is 1.61 bits per heavy atom. The lowest BCUT2D eigenvalue weighted by molar-refractivity contribution is -0.211. The molecule has 0 heterocycles. The Balaban J connectivity index is 1.66. The summed E-state index contributed by atoms with van der Waals surface area (Å²) in [6.45, 7) is 4.52. The number of carbonyl (C=O) groups excluding carboxylic acids is 2. The first kappa shape index (κ1) is 16.8. The van der Waals surface area contributed by atoms with E-state index in [2.05, 4.69) is 6.92 Å². The second-order valence-corrected chi connectivity index (χ2v) is 8.27. The molecule has 0 radical (unpaired) electrons. The van der Waals surface area contributed by atoms with Gasteiger partial charge in [0.2, 0.25) is 0 Å². The van der Waals surface area contributed by atoms with Gasteiger partial charge in [-0.15, -0.1) is 0 Å². The monoisotopic (exact) mass is 321 g/mol. The Labute approximate surface area is 139 Å². The average Bonchev–Trinajstić information content (AvgIpc) is 2.50. The van der Waals surface area contributed by atoms with E-state index in [0.717, 1.165) is 30.6 Å². The molecule has 4 aliphatic rings. The maximum Gasteiger partial charge on any atom is 0.332 e. The van der Waals surface area contributed by atoms with Crippen molar-refractivity contribution in [2.45, 2.75) is 78.1 Å². The molecular formula is C19H31NO3. The second-order valence-electron chi connectivity index (χ2n) is 8.27. The summed E-state index contributed by atoms with van der Waals surface area (Å²) in [5.41, 5.74) is 0.213. The van der Waals surface area contributed by atoms with Crippen LogP contribution in [0.5, 0.6) is 0 Å². The molecule has 0 aromatic carbocycles. The summed E-state index contributed by atoms with van der Waals surface area (Å²) in [6, 6.07) is 0. The third-order valence-electron chi connectivity index (χ3n) is 6.17. The number of amides is 1. The third kappa shape index (κ3) is 3.72. The quantitative estimate of drug-likeness (QED) is 0.692. The summed E-state index contributed by atoms with van der Waals surface area (Å²) in [7, 11) is 0. The standard InChI is InChI=1S/C19H31NO3/c1-3-5-6-18(22)23-20(17(21)4-2)13-19-10-14-7-15(11-19)9-16(8-14)12-19/h14-16H,3-13H2,1-2H3. The highest BCUT2D eigenvalue weighted by atomic mass is 16.7. The largest absolute Gasteiger partial charge is 0.338 e. The minimum Gasteiger partial charge on any atom is -0.338 e. The number of unbranched alkanes of at least 4 members (excludes halogenated alkanes) is 1. The minimum atomic E-state index is -0.252. The van der Waals surface area contributed by atoms with Crippen molar-refractivity contribution in [2.75, 3.05) is 6.54 Å². The van der Waals surface area contributed by atoms with Crippen molar-refractivity contribution in [1.29, 1.82) is 0 Å². The lowest BCUT2D eigenvalue weighted by atomic mass is 9.49. The van der Waals surface area contributed by atoms with E-state index < -0.39 is 0 Å². The number of hydrogen-bond donors (Lipinski definition) is 0. The zero-order valence-electron chi connectivity index (χ0n) is 14.7. The van der Waals surface area contributed by atoms with Gasteiger partial charge in [-0.05, 0) is 68.1 Å². The molecule has 4 saturated carbocycles. The van der Waals surface area contributed by atoms with Gasteiger partial charge in [0.25, 0.3) is 5.91 Å². The van der Waals surface area contributed by atoms with E-state index in [-0.39, 0.29) is 17.3 Å². The summed E-state index contributed by atoms with van der Waals surface area (Å²) < 4.78 is 0. The van der Waals surface area contributed by atoms with Crippen LogP contribution in [-0.2, 0) is 14.4 Å². The zero-order valence-corrected chi connectivity index (χ0v) is 14.7. The van der Waals surface area contributed by atoms with Gasteiger partial charge in [-0.3, -0.25) is 4.79 Å². The van der Waals surface area contributed by atoms with Crippen LogP contribution in [-0.4, -0.2) is 23.5 Å². The maximum absolute atomic E-state index is 12.3. The summed E-state index contributed by atoms with van der Waals surface area (Å²) in [4.78, 5) is 29.8. The molecule has 0 spiro atoms. The topological polar surface area (TPSA) is 46.6 Å². The Hall–Kier alpha value is -1.06. The predicted octanol–water partition coefficient (Wildman–Crippen LogP) is 4.09. The number of carbonyl (C=O) groups is 2. The smallest absolute Gasteiger partial charge is 0.332 e. The SMILES string of the molecule is CCCCC(=O)ON(CC12CC3CC(CC(C3)C1)C2)C(=O)CC. The van der Waals surface area contributed by atoms with Crippen LogP contribution in [0.1, 0.15) is 78.1 Å². The van der Waals surface area contributed by atoms with E-state index in [1.165, 1.54) is 43.6 Å². The van der Waals surface area contributed by atoms with E-state index in [0.29, 0.717) is 19.4 Å². The van der Waals surface area contributed by atoms with Crippen LogP contribution in [0.2, 0.25) is 0 Å². The molecular weight excluding hydrogens is 290 g/mol. The average molecular weight is 321 g/mol. The van der Waals surface area contributed by atoms with Crippen molar-refractivity contribution >= 4 is 11.9 Å². The molecule has 4 aliphatic carbocycles. The summed E-state index contributed by atoms with van der Waals surface area (Å²) >= 11 is 0. The molecule has 4 nitrogen and oxygen atoms in total.